The zero-order valence-electron chi connectivity index (χ0n) is 11.4. The third-order valence-electron chi connectivity index (χ3n) is 3.72. The number of hydrogen-bond donors (Lipinski definition) is 1. The second kappa shape index (κ2) is 5.52. The minimum atomic E-state index is 0.0558. The van der Waals surface area contributed by atoms with Crippen molar-refractivity contribution in [2.45, 2.75) is 26.3 Å². The van der Waals surface area contributed by atoms with Gasteiger partial charge in [0.2, 0.25) is 5.91 Å². The standard InChI is InChI=1S/C13H22N4O/c1-4-10(2)13(18)17-8-5-14-9-11(17)12-15-6-7-16(12)3/h6-7,10-11,14H,4-5,8-9H2,1-3H3. The van der Waals surface area contributed by atoms with E-state index >= 15 is 0 Å². The van der Waals surface area contributed by atoms with Crippen LogP contribution in [0.1, 0.15) is 32.1 Å². The van der Waals surface area contributed by atoms with Crippen molar-refractivity contribution in [3.05, 3.63) is 18.2 Å². The Labute approximate surface area is 108 Å². The highest BCUT2D eigenvalue weighted by Gasteiger charge is 2.31. The van der Waals surface area contributed by atoms with Crippen molar-refractivity contribution in [1.82, 2.24) is 19.8 Å². The predicted octanol–water partition coefficient (Wildman–Crippen LogP) is 0.939. The Kier molecular flexibility index (Phi) is 4.01. The van der Waals surface area contributed by atoms with Crippen LogP contribution in [0, 0.1) is 5.92 Å². The number of nitrogens with one attached hydrogen (secondary N) is 1. The molecule has 100 valence electrons. The molecule has 1 amide bonds. The Morgan fingerprint density at radius 2 is 2.44 bits per heavy atom. The Morgan fingerprint density at radius 1 is 1.67 bits per heavy atom. The molecule has 0 aromatic carbocycles. The molecule has 0 aliphatic carbocycles. The fourth-order valence-electron chi connectivity index (χ4n) is 2.35. The van der Waals surface area contributed by atoms with Gasteiger partial charge in [0, 0.05) is 45.0 Å². The van der Waals surface area contributed by atoms with Gasteiger partial charge in [-0.3, -0.25) is 4.79 Å². The van der Waals surface area contributed by atoms with Crippen LogP contribution in [0.5, 0.6) is 0 Å². The monoisotopic (exact) mass is 250 g/mol. The molecular formula is C13H22N4O. The number of nitrogens with zero attached hydrogens (tertiary/aromatic N) is 3. The topological polar surface area (TPSA) is 50.2 Å². The molecule has 2 rings (SSSR count). The third kappa shape index (κ3) is 2.41. The van der Waals surface area contributed by atoms with Crippen molar-refractivity contribution in [2.24, 2.45) is 13.0 Å². The summed E-state index contributed by atoms with van der Waals surface area (Å²) >= 11 is 0. The molecule has 1 aliphatic rings. The average molecular weight is 250 g/mol. The Balaban J connectivity index is 2.21. The molecule has 1 N–H and O–H groups in total. The van der Waals surface area contributed by atoms with Crippen LogP contribution < -0.4 is 5.32 Å². The lowest BCUT2D eigenvalue weighted by atomic mass is 10.0. The van der Waals surface area contributed by atoms with Gasteiger partial charge >= 0.3 is 0 Å². The summed E-state index contributed by atoms with van der Waals surface area (Å²) in [6, 6.07) is 0.0558. The van der Waals surface area contributed by atoms with Gasteiger partial charge in [0.1, 0.15) is 11.9 Å². The minimum Gasteiger partial charge on any atom is -0.336 e. The lowest BCUT2D eigenvalue weighted by molar-refractivity contribution is -0.138. The number of aromatic nitrogens is 2. The fourth-order valence-corrected chi connectivity index (χ4v) is 2.35. The fraction of sp³-hybridized carbons (Fsp3) is 0.692. The molecule has 1 aliphatic heterocycles. The largest absolute Gasteiger partial charge is 0.336 e. The summed E-state index contributed by atoms with van der Waals surface area (Å²) in [7, 11) is 1.98. The predicted molar refractivity (Wildman–Crippen MR) is 70.0 cm³/mol. The van der Waals surface area contributed by atoms with Gasteiger partial charge in [-0.2, -0.15) is 0 Å². The van der Waals surface area contributed by atoms with Crippen LogP contribution in [-0.4, -0.2) is 40.0 Å². The van der Waals surface area contributed by atoms with Gasteiger partial charge in [0.05, 0.1) is 0 Å². The summed E-state index contributed by atoms with van der Waals surface area (Å²) < 4.78 is 1.99. The van der Waals surface area contributed by atoms with Crippen LogP contribution in [-0.2, 0) is 11.8 Å². The molecule has 0 spiro atoms. The van der Waals surface area contributed by atoms with E-state index in [4.69, 9.17) is 0 Å². The van der Waals surface area contributed by atoms with Crippen LogP contribution in [0.4, 0.5) is 0 Å². The summed E-state index contributed by atoms with van der Waals surface area (Å²) in [6.07, 6.45) is 4.60. The van der Waals surface area contributed by atoms with Gasteiger partial charge in [-0.1, -0.05) is 13.8 Å². The first-order valence-electron chi connectivity index (χ1n) is 6.63. The maximum absolute atomic E-state index is 12.4. The van der Waals surface area contributed by atoms with E-state index in [2.05, 4.69) is 17.2 Å². The smallest absolute Gasteiger partial charge is 0.226 e. The number of hydrogen-bond acceptors (Lipinski definition) is 3. The van der Waals surface area contributed by atoms with E-state index in [1.165, 1.54) is 0 Å². The molecule has 1 saturated heterocycles. The van der Waals surface area contributed by atoms with Crippen molar-refractivity contribution in [3.8, 4) is 0 Å². The normalized spacial score (nSPS) is 21.9. The molecule has 5 heteroatoms. The molecule has 1 fully saturated rings. The molecule has 0 saturated carbocycles. The van der Waals surface area contributed by atoms with E-state index in [1.807, 2.05) is 29.6 Å². The van der Waals surface area contributed by atoms with Gasteiger partial charge in [-0.05, 0) is 6.42 Å². The Hall–Kier alpha value is -1.36. The molecule has 0 bridgehead atoms. The molecule has 1 aromatic rings. The first-order chi connectivity index (χ1) is 8.65. The van der Waals surface area contributed by atoms with Crippen molar-refractivity contribution in [1.29, 1.82) is 0 Å². The molecule has 0 radical (unpaired) electrons. The SMILES string of the molecule is CCC(C)C(=O)N1CCNCC1c1nccn1C. The van der Waals surface area contributed by atoms with E-state index in [1.54, 1.807) is 6.20 Å². The highest BCUT2D eigenvalue weighted by Crippen LogP contribution is 2.23. The molecule has 2 unspecified atom stereocenters. The van der Waals surface area contributed by atoms with E-state index in [-0.39, 0.29) is 17.9 Å². The summed E-state index contributed by atoms with van der Waals surface area (Å²) in [5, 5.41) is 3.34. The third-order valence-corrected chi connectivity index (χ3v) is 3.72. The van der Waals surface area contributed by atoms with Crippen LogP contribution in [0.2, 0.25) is 0 Å². The van der Waals surface area contributed by atoms with Gasteiger partial charge in [0.25, 0.3) is 0 Å². The molecule has 2 atom stereocenters. The van der Waals surface area contributed by atoms with Crippen LogP contribution in [0.15, 0.2) is 12.4 Å². The number of carbonyl (C=O) groups is 1. The maximum Gasteiger partial charge on any atom is 0.226 e. The number of aryl methyl sites for hydroxylation is 1. The quantitative estimate of drug-likeness (QED) is 0.868. The number of carbonyl (C=O) groups excluding carboxylic acids is 1. The second-order valence-electron chi connectivity index (χ2n) is 4.96. The zero-order valence-corrected chi connectivity index (χ0v) is 11.4. The average Bonchev–Trinajstić information content (AvgIpc) is 2.83. The maximum atomic E-state index is 12.4. The van der Waals surface area contributed by atoms with E-state index in [0.29, 0.717) is 0 Å². The minimum absolute atomic E-state index is 0.0558. The van der Waals surface area contributed by atoms with Crippen LogP contribution >= 0.6 is 0 Å². The lowest BCUT2D eigenvalue weighted by Crippen LogP contribution is -2.50. The second-order valence-corrected chi connectivity index (χ2v) is 4.96. The van der Waals surface area contributed by atoms with Crippen molar-refractivity contribution in [2.75, 3.05) is 19.6 Å². The lowest BCUT2D eigenvalue weighted by Gasteiger charge is -2.37. The first kappa shape index (κ1) is 13.1. The van der Waals surface area contributed by atoms with Crippen molar-refractivity contribution in [3.63, 3.8) is 0 Å². The Bertz CT molecular complexity index is 415. The molecular weight excluding hydrogens is 228 g/mol. The van der Waals surface area contributed by atoms with Crippen molar-refractivity contribution >= 4 is 5.91 Å². The van der Waals surface area contributed by atoms with Crippen LogP contribution in [0.25, 0.3) is 0 Å². The van der Waals surface area contributed by atoms with Crippen molar-refractivity contribution < 1.29 is 4.79 Å². The number of imidazole rings is 1. The highest BCUT2D eigenvalue weighted by molar-refractivity contribution is 5.79. The van der Waals surface area contributed by atoms with Gasteiger partial charge in [-0.15, -0.1) is 0 Å². The highest BCUT2D eigenvalue weighted by atomic mass is 16.2. The summed E-state index contributed by atoms with van der Waals surface area (Å²) in [5.74, 6) is 1.29. The van der Waals surface area contributed by atoms with E-state index in [0.717, 1.165) is 31.9 Å². The summed E-state index contributed by atoms with van der Waals surface area (Å²) in [4.78, 5) is 18.8. The van der Waals surface area contributed by atoms with E-state index < -0.39 is 0 Å². The molecule has 1 aromatic heterocycles. The molecule has 2 heterocycles. The number of amides is 1. The summed E-state index contributed by atoms with van der Waals surface area (Å²) in [6.45, 7) is 6.47. The van der Waals surface area contributed by atoms with Gasteiger partial charge in [0.15, 0.2) is 0 Å². The molecule has 5 nitrogen and oxygen atoms in total. The number of rotatable bonds is 3. The van der Waals surface area contributed by atoms with Gasteiger partial charge in [-0.25, -0.2) is 4.98 Å². The summed E-state index contributed by atoms with van der Waals surface area (Å²) in [5.41, 5.74) is 0. The van der Waals surface area contributed by atoms with Crippen LogP contribution in [0.3, 0.4) is 0 Å². The van der Waals surface area contributed by atoms with Gasteiger partial charge < -0.3 is 14.8 Å². The molecule has 18 heavy (non-hydrogen) atoms. The zero-order chi connectivity index (χ0) is 13.1. The van der Waals surface area contributed by atoms with E-state index in [9.17, 15) is 4.79 Å². The Morgan fingerprint density at radius 3 is 3.06 bits per heavy atom. The first-order valence-corrected chi connectivity index (χ1v) is 6.63. The number of piperazine rings is 1.